The maximum absolute atomic E-state index is 12.7. The predicted molar refractivity (Wildman–Crippen MR) is 85.6 cm³/mol. The summed E-state index contributed by atoms with van der Waals surface area (Å²) in [5, 5.41) is 11.0. The molecule has 2 atom stereocenters. The fraction of sp³-hybridized carbons (Fsp3) is 0.538. The van der Waals surface area contributed by atoms with Crippen LogP contribution in [0.15, 0.2) is 23.1 Å². The topological polar surface area (TPSA) is 107 Å². The predicted octanol–water partition coefficient (Wildman–Crippen LogP) is 1.68. The Morgan fingerprint density at radius 1 is 1.41 bits per heavy atom. The molecule has 0 aromatic heterocycles. The Bertz CT molecular complexity index is 665. The molecule has 1 saturated heterocycles. The largest absolute Gasteiger partial charge is 0.327 e. The summed E-state index contributed by atoms with van der Waals surface area (Å²) in [6.07, 6.45) is 0.592. The maximum atomic E-state index is 12.7. The van der Waals surface area contributed by atoms with Crippen LogP contribution >= 0.6 is 12.4 Å². The summed E-state index contributed by atoms with van der Waals surface area (Å²) in [5.74, 6) is 0.0625. The van der Waals surface area contributed by atoms with Gasteiger partial charge in [-0.3, -0.25) is 10.1 Å². The minimum Gasteiger partial charge on any atom is -0.327 e. The van der Waals surface area contributed by atoms with Gasteiger partial charge in [-0.15, -0.1) is 12.4 Å². The van der Waals surface area contributed by atoms with Gasteiger partial charge < -0.3 is 5.73 Å². The number of hydrogen-bond donors (Lipinski definition) is 1. The summed E-state index contributed by atoms with van der Waals surface area (Å²) >= 11 is 0. The molecule has 1 aliphatic heterocycles. The highest BCUT2D eigenvalue weighted by molar-refractivity contribution is 7.89. The first kappa shape index (κ1) is 18.8. The van der Waals surface area contributed by atoms with Crippen LogP contribution in [-0.2, 0) is 10.0 Å². The zero-order valence-corrected chi connectivity index (χ0v) is 14.1. The highest BCUT2D eigenvalue weighted by Gasteiger charge is 2.34. The van der Waals surface area contributed by atoms with Gasteiger partial charge in [-0.2, -0.15) is 4.31 Å². The molecule has 1 aromatic carbocycles. The van der Waals surface area contributed by atoms with E-state index in [1.807, 2.05) is 6.92 Å². The van der Waals surface area contributed by atoms with E-state index in [2.05, 4.69) is 0 Å². The molecule has 2 N–H and O–H groups in total. The van der Waals surface area contributed by atoms with Crippen LogP contribution in [0.4, 0.5) is 5.69 Å². The van der Waals surface area contributed by atoms with E-state index in [1.54, 1.807) is 0 Å². The average Bonchev–Trinajstić information content (AvgIpc) is 2.41. The lowest BCUT2D eigenvalue weighted by Crippen LogP contribution is -2.48. The Morgan fingerprint density at radius 3 is 2.59 bits per heavy atom. The standard InChI is InChI=1S/C13H19N3O4S.ClH/c1-9-8-15(7-6-11(9)14)21(19,20)13-5-3-4-12(10(13)2)16(17)18;/h3-5,9,11H,6-8,14H2,1-2H3;1H. The lowest BCUT2D eigenvalue weighted by atomic mass is 9.96. The first-order valence-corrected chi connectivity index (χ1v) is 8.19. The lowest BCUT2D eigenvalue weighted by molar-refractivity contribution is -0.385. The number of hydrogen-bond acceptors (Lipinski definition) is 5. The molecule has 0 amide bonds. The maximum Gasteiger partial charge on any atom is 0.273 e. The molecule has 2 rings (SSSR count). The summed E-state index contributed by atoms with van der Waals surface area (Å²) in [6, 6.07) is 4.11. The molecule has 0 bridgehead atoms. The second kappa shape index (κ2) is 6.91. The van der Waals surface area contributed by atoms with Crippen LogP contribution in [-0.4, -0.2) is 36.8 Å². The second-order valence-corrected chi connectivity index (χ2v) is 7.36. The molecule has 1 aromatic rings. The van der Waals surface area contributed by atoms with Crippen molar-refractivity contribution in [3.8, 4) is 0 Å². The summed E-state index contributed by atoms with van der Waals surface area (Å²) in [5.41, 5.74) is 5.89. The van der Waals surface area contributed by atoms with Crippen molar-refractivity contribution in [3.63, 3.8) is 0 Å². The molecule has 124 valence electrons. The van der Waals surface area contributed by atoms with Crippen molar-refractivity contribution in [3.05, 3.63) is 33.9 Å². The minimum atomic E-state index is -3.73. The summed E-state index contributed by atoms with van der Waals surface area (Å²) in [7, 11) is -3.73. The molecule has 0 spiro atoms. The summed E-state index contributed by atoms with van der Waals surface area (Å²) < 4.78 is 26.8. The Balaban J connectivity index is 0.00000242. The number of nitro benzene ring substituents is 1. The van der Waals surface area contributed by atoms with Crippen molar-refractivity contribution in [2.24, 2.45) is 11.7 Å². The molecular formula is C13H20ClN3O4S. The number of nitro groups is 1. The molecular weight excluding hydrogens is 330 g/mol. The lowest BCUT2D eigenvalue weighted by Gasteiger charge is -2.34. The third-order valence-corrected chi connectivity index (χ3v) is 6.01. The van der Waals surface area contributed by atoms with E-state index in [1.165, 1.54) is 29.4 Å². The number of halogens is 1. The summed E-state index contributed by atoms with van der Waals surface area (Å²) in [6.45, 7) is 4.05. The molecule has 7 nitrogen and oxygen atoms in total. The van der Waals surface area contributed by atoms with Crippen LogP contribution in [0.5, 0.6) is 0 Å². The van der Waals surface area contributed by atoms with Crippen LogP contribution < -0.4 is 5.73 Å². The Labute approximate surface area is 136 Å². The SMILES string of the molecule is Cc1c([N+](=O)[O-])cccc1S(=O)(=O)N1CCC(N)C(C)C1.Cl. The molecule has 9 heteroatoms. The van der Waals surface area contributed by atoms with E-state index in [9.17, 15) is 18.5 Å². The van der Waals surface area contributed by atoms with Crippen molar-refractivity contribution < 1.29 is 13.3 Å². The zero-order valence-electron chi connectivity index (χ0n) is 12.4. The van der Waals surface area contributed by atoms with Gasteiger partial charge in [-0.25, -0.2) is 8.42 Å². The van der Waals surface area contributed by atoms with Crippen molar-refractivity contribution in [2.75, 3.05) is 13.1 Å². The Kier molecular flexibility index (Phi) is 5.91. The smallest absolute Gasteiger partial charge is 0.273 e. The van der Waals surface area contributed by atoms with E-state index in [0.717, 1.165) is 0 Å². The molecule has 0 aliphatic carbocycles. The highest BCUT2D eigenvalue weighted by Crippen LogP contribution is 2.29. The Morgan fingerprint density at radius 2 is 2.05 bits per heavy atom. The van der Waals surface area contributed by atoms with Gasteiger partial charge in [0.05, 0.1) is 9.82 Å². The third kappa shape index (κ3) is 3.40. The number of benzene rings is 1. The molecule has 1 fully saturated rings. The van der Waals surface area contributed by atoms with E-state index in [0.29, 0.717) is 19.5 Å². The van der Waals surface area contributed by atoms with Gasteiger partial charge in [-0.05, 0) is 25.3 Å². The van der Waals surface area contributed by atoms with E-state index < -0.39 is 14.9 Å². The van der Waals surface area contributed by atoms with Crippen molar-refractivity contribution in [1.82, 2.24) is 4.31 Å². The monoisotopic (exact) mass is 349 g/mol. The van der Waals surface area contributed by atoms with Crippen LogP contribution in [0, 0.1) is 23.0 Å². The van der Waals surface area contributed by atoms with Gasteiger partial charge in [-0.1, -0.05) is 13.0 Å². The number of piperidine rings is 1. The molecule has 1 heterocycles. The van der Waals surface area contributed by atoms with Crippen LogP contribution in [0.1, 0.15) is 18.9 Å². The molecule has 22 heavy (non-hydrogen) atoms. The minimum absolute atomic E-state index is 0. The zero-order chi connectivity index (χ0) is 15.8. The van der Waals surface area contributed by atoms with Crippen LogP contribution in [0.3, 0.4) is 0 Å². The number of sulfonamides is 1. The summed E-state index contributed by atoms with van der Waals surface area (Å²) in [4.78, 5) is 10.4. The highest BCUT2D eigenvalue weighted by atomic mass is 35.5. The van der Waals surface area contributed by atoms with Crippen molar-refractivity contribution >= 4 is 28.1 Å². The van der Waals surface area contributed by atoms with Crippen molar-refractivity contribution in [1.29, 1.82) is 0 Å². The fourth-order valence-corrected chi connectivity index (χ4v) is 4.36. The van der Waals surface area contributed by atoms with Crippen molar-refractivity contribution in [2.45, 2.75) is 31.2 Å². The van der Waals surface area contributed by atoms with Crippen LogP contribution in [0.25, 0.3) is 0 Å². The van der Waals surface area contributed by atoms with E-state index in [-0.39, 0.29) is 40.5 Å². The normalized spacial score (nSPS) is 22.9. The molecule has 1 aliphatic rings. The van der Waals surface area contributed by atoms with Crippen LogP contribution in [0.2, 0.25) is 0 Å². The van der Waals surface area contributed by atoms with Gasteiger partial charge in [0.1, 0.15) is 0 Å². The first-order chi connectivity index (χ1) is 9.75. The van der Waals surface area contributed by atoms with E-state index >= 15 is 0 Å². The van der Waals surface area contributed by atoms with Gasteiger partial charge in [0.2, 0.25) is 10.0 Å². The number of rotatable bonds is 3. The molecule has 2 unspecified atom stereocenters. The number of nitrogens with two attached hydrogens (primary N) is 1. The first-order valence-electron chi connectivity index (χ1n) is 6.75. The number of nitrogens with zero attached hydrogens (tertiary/aromatic N) is 2. The Hall–Kier alpha value is -1.22. The van der Waals surface area contributed by atoms with Gasteiger partial charge in [0.15, 0.2) is 0 Å². The van der Waals surface area contributed by atoms with E-state index in [4.69, 9.17) is 5.73 Å². The van der Waals surface area contributed by atoms with Gasteiger partial charge >= 0.3 is 0 Å². The third-order valence-electron chi connectivity index (χ3n) is 4.00. The van der Waals surface area contributed by atoms with Gasteiger partial charge in [0.25, 0.3) is 5.69 Å². The van der Waals surface area contributed by atoms with Gasteiger partial charge in [0, 0.05) is 30.8 Å². The second-order valence-electron chi connectivity index (χ2n) is 5.45. The molecule has 0 radical (unpaired) electrons. The average molecular weight is 350 g/mol. The molecule has 0 saturated carbocycles. The quantitative estimate of drug-likeness (QED) is 0.660. The fourth-order valence-electron chi connectivity index (χ4n) is 2.56.